The van der Waals surface area contributed by atoms with E-state index in [9.17, 15) is 4.79 Å². The van der Waals surface area contributed by atoms with Gasteiger partial charge in [-0.2, -0.15) is 0 Å². The molecule has 1 N–H and O–H groups in total. The lowest BCUT2D eigenvalue weighted by molar-refractivity contribution is 0.0985. The molecule has 2 heterocycles. The number of thiophene rings is 1. The zero-order chi connectivity index (χ0) is 9.97. The molecule has 0 unspecified atom stereocenters. The molecule has 2 aromatic heterocycles. The third kappa shape index (κ3) is 2.02. The molecule has 72 valence electrons. The third-order valence-electron chi connectivity index (χ3n) is 1.73. The predicted octanol–water partition coefficient (Wildman–Crippen LogP) is 2.55. The van der Waals surface area contributed by atoms with Crippen molar-refractivity contribution in [2.75, 3.05) is 0 Å². The SMILES string of the molecule is O=C(Cc1ccc(Cl)s1)c1ncc[nH]1. The molecule has 0 bridgehead atoms. The third-order valence-corrected chi connectivity index (χ3v) is 2.96. The van der Waals surface area contributed by atoms with Crippen LogP contribution in [0.2, 0.25) is 4.34 Å². The topological polar surface area (TPSA) is 45.8 Å². The van der Waals surface area contributed by atoms with E-state index in [4.69, 9.17) is 11.6 Å². The number of aromatic nitrogens is 2. The second kappa shape index (κ2) is 3.94. The highest BCUT2D eigenvalue weighted by Gasteiger charge is 2.10. The molecule has 2 aromatic rings. The summed E-state index contributed by atoms with van der Waals surface area (Å²) < 4.78 is 0.701. The van der Waals surface area contributed by atoms with Crippen LogP contribution in [0.15, 0.2) is 24.5 Å². The van der Waals surface area contributed by atoms with Crippen LogP contribution in [0.4, 0.5) is 0 Å². The molecule has 2 rings (SSSR count). The van der Waals surface area contributed by atoms with Gasteiger partial charge in [0.25, 0.3) is 0 Å². The van der Waals surface area contributed by atoms with Gasteiger partial charge in [-0.25, -0.2) is 4.98 Å². The van der Waals surface area contributed by atoms with Crippen molar-refractivity contribution in [2.45, 2.75) is 6.42 Å². The lowest BCUT2D eigenvalue weighted by Crippen LogP contribution is -2.04. The Morgan fingerprint density at radius 1 is 1.57 bits per heavy atom. The number of H-pyrrole nitrogens is 1. The summed E-state index contributed by atoms with van der Waals surface area (Å²) in [6.07, 6.45) is 3.55. The molecule has 0 aliphatic carbocycles. The van der Waals surface area contributed by atoms with Gasteiger partial charge >= 0.3 is 0 Å². The number of hydrogen-bond donors (Lipinski definition) is 1. The van der Waals surface area contributed by atoms with E-state index < -0.39 is 0 Å². The van der Waals surface area contributed by atoms with E-state index in [2.05, 4.69) is 9.97 Å². The van der Waals surface area contributed by atoms with Crippen molar-refractivity contribution < 1.29 is 4.79 Å². The molecule has 0 radical (unpaired) electrons. The molecule has 0 aliphatic heterocycles. The second-order valence-electron chi connectivity index (χ2n) is 2.74. The largest absolute Gasteiger partial charge is 0.342 e. The van der Waals surface area contributed by atoms with Gasteiger partial charge in [0.2, 0.25) is 5.78 Å². The summed E-state index contributed by atoms with van der Waals surface area (Å²) in [6.45, 7) is 0. The molecule has 14 heavy (non-hydrogen) atoms. The van der Waals surface area contributed by atoms with Crippen LogP contribution in [0.25, 0.3) is 0 Å². The number of hydrogen-bond acceptors (Lipinski definition) is 3. The molecular formula is C9H7ClN2OS. The van der Waals surface area contributed by atoms with Crippen LogP contribution in [0.5, 0.6) is 0 Å². The van der Waals surface area contributed by atoms with Gasteiger partial charge in [-0.3, -0.25) is 4.79 Å². The van der Waals surface area contributed by atoms with Crippen molar-refractivity contribution in [3.05, 3.63) is 39.6 Å². The summed E-state index contributed by atoms with van der Waals surface area (Å²) in [5.41, 5.74) is 0. The minimum absolute atomic E-state index is 0.0199. The number of carbonyl (C=O) groups excluding carboxylic acids is 1. The Hall–Kier alpha value is -1.13. The van der Waals surface area contributed by atoms with Gasteiger partial charge in [0.05, 0.1) is 4.34 Å². The number of halogens is 1. The first kappa shape index (κ1) is 9.43. The Balaban J connectivity index is 2.09. The molecule has 5 heteroatoms. The Kier molecular flexibility index (Phi) is 2.65. The monoisotopic (exact) mass is 226 g/mol. The average Bonchev–Trinajstić information content (AvgIpc) is 2.75. The zero-order valence-corrected chi connectivity index (χ0v) is 8.73. The summed E-state index contributed by atoms with van der Waals surface area (Å²) in [6, 6.07) is 3.64. The molecular weight excluding hydrogens is 220 g/mol. The van der Waals surface area contributed by atoms with Crippen LogP contribution in [-0.4, -0.2) is 15.8 Å². The molecule has 0 aliphatic rings. The molecule has 0 saturated carbocycles. The van der Waals surface area contributed by atoms with Crippen LogP contribution in [0, 0.1) is 0 Å². The first-order chi connectivity index (χ1) is 6.75. The van der Waals surface area contributed by atoms with E-state index in [1.807, 2.05) is 6.07 Å². The van der Waals surface area contributed by atoms with Crippen molar-refractivity contribution in [2.24, 2.45) is 0 Å². The molecule has 0 aromatic carbocycles. The number of aromatic amines is 1. The molecule has 0 atom stereocenters. The van der Waals surface area contributed by atoms with Crippen molar-refractivity contribution in [1.82, 2.24) is 9.97 Å². The van der Waals surface area contributed by atoms with Crippen LogP contribution in [0.3, 0.4) is 0 Å². The minimum atomic E-state index is -0.0199. The summed E-state index contributed by atoms with van der Waals surface area (Å²) in [5.74, 6) is 0.378. The highest BCUT2D eigenvalue weighted by Crippen LogP contribution is 2.22. The van der Waals surface area contributed by atoms with Gasteiger partial charge in [-0.1, -0.05) is 11.6 Å². The first-order valence-corrected chi connectivity index (χ1v) is 5.22. The fourth-order valence-corrected chi connectivity index (χ4v) is 2.19. The zero-order valence-electron chi connectivity index (χ0n) is 7.16. The van der Waals surface area contributed by atoms with Gasteiger partial charge in [0.1, 0.15) is 0 Å². The highest BCUT2D eigenvalue weighted by molar-refractivity contribution is 7.16. The van der Waals surface area contributed by atoms with Crippen molar-refractivity contribution in [3.63, 3.8) is 0 Å². The lowest BCUT2D eigenvalue weighted by Gasteiger charge is -1.93. The van der Waals surface area contributed by atoms with Gasteiger partial charge in [-0.15, -0.1) is 11.3 Å². The standard InChI is InChI=1S/C9H7ClN2OS/c10-8-2-1-6(14-8)5-7(13)9-11-3-4-12-9/h1-4H,5H2,(H,11,12). The molecule has 0 saturated heterocycles. The molecule has 0 fully saturated rings. The number of ketones is 1. The summed E-state index contributed by atoms with van der Waals surface area (Å²) in [7, 11) is 0. The number of nitrogens with one attached hydrogen (secondary N) is 1. The fraction of sp³-hybridized carbons (Fsp3) is 0.111. The van der Waals surface area contributed by atoms with Crippen molar-refractivity contribution in [3.8, 4) is 0 Å². The van der Waals surface area contributed by atoms with Crippen LogP contribution in [0.1, 0.15) is 15.5 Å². The molecule has 0 spiro atoms. The van der Waals surface area contributed by atoms with Gasteiger partial charge < -0.3 is 4.98 Å². The Bertz CT molecular complexity index is 435. The Morgan fingerprint density at radius 2 is 2.43 bits per heavy atom. The number of carbonyl (C=O) groups is 1. The van der Waals surface area contributed by atoms with E-state index in [1.165, 1.54) is 11.3 Å². The minimum Gasteiger partial charge on any atom is -0.342 e. The number of nitrogens with zero attached hydrogens (tertiary/aromatic N) is 1. The van der Waals surface area contributed by atoms with Crippen molar-refractivity contribution >= 4 is 28.7 Å². The number of imidazole rings is 1. The van der Waals surface area contributed by atoms with Crippen molar-refractivity contribution in [1.29, 1.82) is 0 Å². The summed E-state index contributed by atoms with van der Waals surface area (Å²) >= 11 is 7.17. The molecule has 3 nitrogen and oxygen atoms in total. The van der Waals surface area contributed by atoms with E-state index >= 15 is 0 Å². The Morgan fingerprint density at radius 3 is 3.00 bits per heavy atom. The second-order valence-corrected chi connectivity index (χ2v) is 4.54. The highest BCUT2D eigenvalue weighted by atomic mass is 35.5. The first-order valence-electron chi connectivity index (χ1n) is 4.02. The predicted molar refractivity (Wildman–Crippen MR) is 56.0 cm³/mol. The van der Waals surface area contributed by atoms with Crippen LogP contribution >= 0.6 is 22.9 Å². The van der Waals surface area contributed by atoms with Gasteiger partial charge in [0, 0.05) is 23.7 Å². The number of Topliss-reactive ketones (excluding diaryl/α,β-unsaturated/α-hetero) is 1. The fourth-order valence-electron chi connectivity index (χ4n) is 1.11. The maximum Gasteiger partial charge on any atom is 0.203 e. The number of rotatable bonds is 3. The summed E-state index contributed by atoms with van der Waals surface area (Å²) in [5, 5.41) is 0. The molecule has 0 amide bonds. The summed E-state index contributed by atoms with van der Waals surface area (Å²) in [4.78, 5) is 19.2. The van der Waals surface area contributed by atoms with E-state index in [-0.39, 0.29) is 5.78 Å². The maximum atomic E-state index is 11.6. The smallest absolute Gasteiger partial charge is 0.203 e. The normalized spacial score (nSPS) is 10.4. The maximum absolute atomic E-state index is 11.6. The van der Waals surface area contributed by atoms with Gasteiger partial charge in [-0.05, 0) is 12.1 Å². The average molecular weight is 227 g/mol. The van der Waals surface area contributed by atoms with E-state index in [0.29, 0.717) is 16.6 Å². The quantitative estimate of drug-likeness (QED) is 0.818. The van der Waals surface area contributed by atoms with E-state index in [0.717, 1.165) is 4.88 Å². The lowest BCUT2D eigenvalue weighted by atomic mass is 10.2. The van der Waals surface area contributed by atoms with E-state index in [1.54, 1.807) is 18.5 Å². The van der Waals surface area contributed by atoms with Gasteiger partial charge in [0.15, 0.2) is 5.82 Å². The van der Waals surface area contributed by atoms with Crippen LogP contribution < -0.4 is 0 Å². The van der Waals surface area contributed by atoms with Crippen LogP contribution in [-0.2, 0) is 6.42 Å². The Labute approximate surface area is 89.8 Å².